The SMILES string of the molecule is CCNCC(C)Cn1nc(C)cc1C. The molecule has 1 aromatic rings. The standard InChI is InChI=1S/C11H21N3/c1-5-12-7-9(2)8-14-11(4)6-10(3)13-14/h6,9,12H,5,7-8H2,1-4H3. The molecule has 0 amide bonds. The number of rotatable bonds is 5. The molecule has 0 aliphatic carbocycles. The van der Waals surface area contributed by atoms with Gasteiger partial charge in [0.05, 0.1) is 5.69 Å². The maximum Gasteiger partial charge on any atom is 0.0596 e. The smallest absolute Gasteiger partial charge is 0.0596 e. The van der Waals surface area contributed by atoms with Gasteiger partial charge < -0.3 is 5.32 Å². The lowest BCUT2D eigenvalue weighted by Crippen LogP contribution is -2.24. The molecule has 0 spiro atoms. The Hall–Kier alpha value is -0.830. The highest BCUT2D eigenvalue weighted by atomic mass is 15.3. The van der Waals surface area contributed by atoms with Crippen molar-refractivity contribution in [2.75, 3.05) is 13.1 Å². The van der Waals surface area contributed by atoms with E-state index in [1.165, 1.54) is 5.69 Å². The summed E-state index contributed by atoms with van der Waals surface area (Å²) in [6.07, 6.45) is 0. The first-order chi connectivity index (χ1) is 6.63. The van der Waals surface area contributed by atoms with Crippen LogP contribution in [0.1, 0.15) is 25.2 Å². The zero-order valence-electron chi connectivity index (χ0n) is 9.67. The number of nitrogens with zero attached hydrogens (tertiary/aromatic N) is 2. The quantitative estimate of drug-likeness (QED) is 0.775. The summed E-state index contributed by atoms with van der Waals surface area (Å²) in [5.74, 6) is 0.632. The van der Waals surface area contributed by atoms with E-state index in [-0.39, 0.29) is 0 Å². The second kappa shape index (κ2) is 5.15. The highest BCUT2D eigenvalue weighted by molar-refractivity contribution is 5.06. The Morgan fingerprint density at radius 3 is 2.71 bits per heavy atom. The van der Waals surface area contributed by atoms with E-state index in [1.54, 1.807) is 0 Å². The molecule has 80 valence electrons. The van der Waals surface area contributed by atoms with Crippen LogP contribution >= 0.6 is 0 Å². The molecule has 0 saturated heterocycles. The van der Waals surface area contributed by atoms with Crippen LogP contribution in [0, 0.1) is 19.8 Å². The first-order valence-corrected chi connectivity index (χ1v) is 5.35. The lowest BCUT2D eigenvalue weighted by molar-refractivity contribution is 0.420. The van der Waals surface area contributed by atoms with E-state index in [4.69, 9.17) is 0 Å². The summed E-state index contributed by atoms with van der Waals surface area (Å²) >= 11 is 0. The van der Waals surface area contributed by atoms with Gasteiger partial charge in [0.25, 0.3) is 0 Å². The Balaban J connectivity index is 2.47. The van der Waals surface area contributed by atoms with Crippen LogP contribution in [0.4, 0.5) is 0 Å². The van der Waals surface area contributed by atoms with Gasteiger partial charge in [0.15, 0.2) is 0 Å². The van der Waals surface area contributed by atoms with E-state index in [9.17, 15) is 0 Å². The van der Waals surface area contributed by atoms with Crippen LogP contribution in [0.2, 0.25) is 0 Å². The van der Waals surface area contributed by atoms with Crippen LogP contribution < -0.4 is 5.32 Å². The van der Waals surface area contributed by atoms with Gasteiger partial charge in [-0.25, -0.2) is 0 Å². The number of hydrogen-bond acceptors (Lipinski definition) is 2. The molecule has 14 heavy (non-hydrogen) atoms. The summed E-state index contributed by atoms with van der Waals surface area (Å²) in [7, 11) is 0. The molecule has 1 unspecified atom stereocenters. The minimum Gasteiger partial charge on any atom is -0.317 e. The van der Waals surface area contributed by atoms with Crippen molar-refractivity contribution in [2.45, 2.75) is 34.2 Å². The zero-order valence-corrected chi connectivity index (χ0v) is 9.67. The molecule has 3 nitrogen and oxygen atoms in total. The van der Waals surface area contributed by atoms with Gasteiger partial charge in [0, 0.05) is 12.2 Å². The minimum atomic E-state index is 0.632. The molecule has 0 fully saturated rings. The van der Waals surface area contributed by atoms with E-state index in [0.717, 1.165) is 25.3 Å². The van der Waals surface area contributed by atoms with E-state index in [2.05, 4.69) is 41.9 Å². The Morgan fingerprint density at radius 2 is 2.21 bits per heavy atom. The summed E-state index contributed by atoms with van der Waals surface area (Å²) in [6.45, 7) is 11.6. The maximum absolute atomic E-state index is 4.45. The van der Waals surface area contributed by atoms with Gasteiger partial charge in [-0.1, -0.05) is 13.8 Å². The lowest BCUT2D eigenvalue weighted by Gasteiger charge is -2.12. The van der Waals surface area contributed by atoms with Gasteiger partial charge in [0.2, 0.25) is 0 Å². The van der Waals surface area contributed by atoms with Crippen LogP contribution in [0.5, 0.6) is 0 Å². The van der Waals surface area contributed by atoms with Crippen molar-refractivity contribution in [1.29, 1.82) is 0 Å². The largest absolute Gasteiger partial charge is 0.317 e. The summed E-state index contributed by atoms with van der Waals surface area (Å²) in [5, 5.41) is 7.80. The van der Waals surface area contributed by atoms with Gasteiger partial charge >= 0.3 is 0 Å². The van der Waals surface area contributed by atoms with Crippen molar-refractivity contribution in [2.24, 2.45) is 5.92 Å². The summed E-state index contributed by atoms with van der Waals surface area (Å²) in [5.41, 5.74) is 2.36. The predicted molar refractivity (Wildman–Crippen MR) is 59.4 cm³/mol. The number of aryl methyl sites for hydroxylation is 2. The Bertz CT molecular complexity index is 278. The summed E-state index contributed by atoms with van der Waals surface area (Å²) < 4.78 is 2.09. The molecular formula is C11H21N3. The van der Waals surface area contributed by atoms with Gasteiger partial charge in [-0.3, -0.25) is 4.68 Å². The molecule has 0 radical (unpaired) electrons. The van der Waals surface area contributed by atoms with Crippen molar-refractivity contribution in [3.8, 4) is 0 Å². The van der Waals surface area contributed by atoms with E-state index in [1.807, 2.05) is 6.92 Å². The van der Waals surface area contributed by atoms with Crippen LogP contribution in [0.15, 0.2) is 6.07 Å². The molecule has 0 aliphatic rings. The molecule has 1 aromatic heterocycles. The minimum absolute atomic E-state index is 0.632. The van der Waals surface area contributed by atoms with Crippen LogP contribution in [-0.2, 0) is 6.54 Å². The molecule has 1 heterocycles. The lowest BCUT2D eigenvalue weighted by atomic mass is 10.2. The zero-order chi connectivity index (χ0) is 10.6. The molecule has 0 aliphatic heterocycles. The first kappa shape index (κ1) is 11.2. The number of nitrogens with one attached hydrogen (secondary N) is 1. The van der Waals surface area contributed by atoms with E-state index in [0.29, 0.717) is 5.92 Å². The van der Waals surface area contributed by atoms with E-state index < -0.39 is 0 Å². The molecule has 1 rings (SSSR count). The maximum atomic E-state index is 4.45. The molecule has 0 saturated carbocycles. The van der Waals surface area contributed by atoms with Gasteiger partial charge in [-0.05, 0) is 38.9 Å². The Morgan fingerprint density at radius 1 is 1.50 bits per heavy atom. The number of hydrogen-bond donors (Lipinski definition) is 1. The molecule has 1 atom stereocenters. The monoisotopic (exact) mass is 195 g/mol. The highest BCUT2D eigenvalue weighted by Gasteiger charge is 2.05. The number of aromatic nitrogens is 2. The predicted octanol–water partition coefficient (Wildman–Crippen LogP) is 1.75. The second-order valence-corrected chi connectivity index (χ2v) is 4.02. The van der Waals surface area contributed by atoms with Crippen molar-refractivity contribution in [3.05, 3.63) is 17.5 Å². The van der Waals surface area contributed by atoms with Crippen LogP contribution in [-0.4, -0.2) is 22.9 Å². The third kappa shape index (κ3) is 3.14. The summed E-state index contributed by atoms with van der Waals surface area (Å²) in [6, 6.07) is 2.12. The molecule has 3 heteroatoms. The molecular weight excluding hydrogens is 174 g/mol. The average molecular weight is 195 g/mol. The third-order valence-corrected chi connectivity index (χ3v) is 2.33. The normalized spacial score (nSPS) is 13.1. The highest BCUT2D eigenvalue weighted by Crippen LogP contribution is 2.05. The van der Waals surface area contributed by atoms with Crippen molar-refractivity contribution in [1.82, 2.24) is 15.1 Å². The Labute approximate surface area is 86.5 Å². The van der Waals surface area contributed by atoms with Crippen molar-refractivity contribution in [3.63, 3.8) is 0 Å². The fourth-order valence-corrected chi connectivity index (χ4v) is 1.61. The first-order valence-electron chi connectivity index (χ1n) is 5.35. The second-order valence-electron chi connectivity index (χ2n) is 4.02. The molecule has 1 N–H and O–H groups in total. The average Bonchev–Trinajstić information content (AvgIpc) is 2.42. The van der Waals surface area contributed by atoms with Gasteiger partial charge in [-0.15, -0.1) is 0 Å². The van der Waals surface area contributed by atoms with Gasteiger partial charge in [0.1, 0.15) is 0 Å². The fraction of sp³-hybridized carbons (Fsp3) is 0.727. The molecule has 0 bridgehead atoms. The fourth-order valence-electron chi connectivity index (χ4n) is 1.61. The molecule has 0 aromatic carbocycles. The van der Waals surface area contributed by atoms with Gasteiger partial charge in [-0.2, -0.15) is 5.10 Å². The third-order valence-electron chi connectivity index (χ3n) is 2.33. The van der Waals surface area contributed by atoms with Crippen LogP contribution in [0.3, 0.4) is 0 Å². The van der Waals surface area contributed by atoms with E-state index >= 15 is 0 Å². The van der Waals surface area contributed by atoms with Crippen molar-refractivity contribution >= 4 is 0 Å². The van der Waals surface area contributed by atoms with Crippen molar-refractivity contribution < 1.29 is 0 Å². The van der Waals surface area contributed by atoms with Crippen LogP contribution in [0.25, 0.3) is 0 Å². The summed E-state index contributed by atoms with van der Waals surface area (Å²) in [4.78, 5) is 0. The topological polar surface area (TPSA) is 29.9 Å². The Kier molecular flexibility index (Phi) is 4.14.